The lowest BCUT2D eigenvalue weighted by atomic mass is 9.95. The summed E-state index contributed by atoms with van der Waals surface area (Å²) in [7, 11) is 0.511. The normalized spacial score (nSPS) is 18.5. The number of methoxy groups -OCH3 is 1. The van der Waals surface area contributed by atoms with Gasteiger partial charge in [-0.2, -0.15) is 0 Å². The van der Waals surface area contributed by atoms with E-state index in [0.717, 1.165) is 9.21 Å². The first kappa shape index (κ1) is 23.6. The number of sulfonamides is 1. The van der Waals surface area contributed by atoms with Crippen LogP contribution in [0.2, 0.25) is 0 Å². The van der Waals surface area contributed by atoms with E-state index >= 15 is 0 Å². The van der Waals surface area contributed by atoms with E-state index < -0.39 is 39.3 Å². The molecule has 1 aliphatic rings. The third kappa shape index (κ3) is 4.16. The van der Waals surface area contributed by atoms with Crippen molar-refractivity contribution in [1.29, 1.82) is 0 Å². The average Bonchev–Trinajstić information content (AvgIpc) is 3.02. The molecule has 32 heavy (non-hydrogen) atoms. The van der Waals surface area contributed by atoms with Crippen molar-refractivity contribution in [2.45, 2.75) is 10.9 Å². The lowest BCUT2D eigenvalue weighted by Crippen LogP contribution is -2.33. The number of hydrogen-bond acceptors (Lipinski definition) is 6. The number of ether oxygens (including phenoxy) is 1. The average molecular weight is 462 g/mol. The molecule has 1 saturated heterocycles. The number of likely N-dealkylation sites (tertiary alicyclic amines) is 1. The Bertz CT molecular complexity index is 1180. The first-order valence-corrected chi connectivity index (χ1v) is 11.1. The van der Waals surface area contributed by atoms with Gasteiger partial charge in [0.2, 0.25) is 10.0 Å². The third-order valence-electron chi connectivity index (χ3n) is 5.18. The van der Waals surface area contributed by atoms with E-state index in [1.54, 1.807) is 6.07 Å². The molecule has 0 spiro atoms. The summed E-state index contributed by atoms with van der Waals surface area (Å²) < 4.78 is 45.2. The molecule has 170 valence electrons. The summed E-state index contributed by atoms with van der Waals surface area (Å²) in [6.45, 7) is 0.117. The van der Waals surface area contributed by atoms with E-state index in [2.05, 4.69) is 0 Å². The van der Waals surface area contributed by atoms with Crippen LogP contribution in [0.15, 0.2) is 59.0 Å². The second-order valence-electron chi connectivity index (χ2n) is 7.32. The van der Waals surface area contributed by atoms with Crippen LogP contribution in [-0.2, 0) is 24.3 Å². The highest BCUT2D eigenvalue weighted by molar-refractivity contribution is 7.89. The first-order chi connectivity index (χ1) is 15.1. The van der Waals surface area contributed by atoms with Crippen molar-refractivity contribution in [3.05, 3.63) is 71.0 Å². The summed E-state index contributed by atoms with van der Waals surface area (Å²) in [4.78, 5) is 26.7. The van der Waals surface area contributed by atoms with Gasteiger partial charge in [-0.25, -0.2) is 17.1 Å². The van der Waals surface area contributed by atoms with Crippen molar-refractivity contribution in [1.82, 2.24) is 9.21 Å². The zero-order chi connectivity index (χ0) is 23.6. The molecule has 2 aromatic carbocycles. The van der Waals surface area contributed by atoms with Gasteiger partial charge in [-0.3, -0.25) is 9.59 Å². The van der Waals surface area contributed by atoms with Crippen LogP contribution in [0.25, 0.3) is 5.76 Å². The number of amides is 1. The zero-order valence-electron chi connectivity index (χ0n) is 17.8. The van der Waals surface area contributed by atoms with Gasteiger partial charge in [-0.05, 0) is 30.3 Å². The maximum absolute atomic E-state index is 14.6. The molecule has 3 rings (SSSR count). The standard InChI is InChI=1S/C22H23FN2O6S/c1-24(2)32(29,30)15-10-8-14(9-11-15)20(26)18-19(16-6-4-5-7-17(16)23)25(12-13-31-3)22(28)21(18)27/h4-11,19,26H,12-13H2,1-3H3/b20-18+. The van der Waals surface area contributed by atoms with Crippen LogP contribution in [0.3, 0.4) is 0 Å². The van der Waals surface area contributed by atoms with E-state index in [1.165, 1.54) is 63.7 Å². The van der Waals surface area contributed by atoms with Crippen LogP contribution < -0.4 is 0 Å². The van der Waals surface area contributed by atoms with Crippen molar-refractivity contribution in [3.63, 3.8) is 0 Å². The van der Waals surface area contributed by atoms with Crippen molar-refractivity contribution < 1.29 is 32.2 Å². The van der Waals surface area contributed by atoms with Crippen molar-refractivity contribution in [2.75, 3.05) is 34.4 Å². The van der Waals surface area contributed by atoms with Crippen LogP contribution in [0.5, 0.6) is 0 Å². The maximum Gasteiger partial charge on any atom is 0.295 e. The van der Waals surface area contributed by atoms with Crippen LogP contribution >= 0.6 is 0 Å². The molecule has 10 heteroatoms. The number of carbonyl (C=O) groups excluding carboxylic acids is 2. The number of carbonyl (C=O) groups is 2. The number of aliphatic hydroxyl groups excluding tert-OH is 1. The lowest BCUT2D eigenvalue weighted by Gasteiger charge is -2.25. The molecule has 0 aromatic heterocycles. The SMILES string of the molecule is COCCN1C(=O)C(=O)/C(=C(/O)c2ccc(S(=O)(=O)N(C)C)cc2)C1c1ccccc1F. The lowest BCUT2D eigenvalue weighted by molar-refractivity contribution is -0.140. The fourth-order valence-electron chi connectivity index (χ4n) is 3.47. The molecule has 0 radical (unpaired) electrons. The number of ketones is 1. The van der Waals surface area contributed by atoms with Gasteiger partial charge in [-0.15, -0.1) is 0 Å². The molecular weight excluding hydrogens is 439 g/mol. The maximum atomic E-state index is 14.6. The fourth-order valence-corrected chi connectivity index (χ4v) is 4.37. The number of halogens is 1. The highest BCUT2D eigenvalue weighted by Gasteiger charge is 2.46. The van der Waals surface area contributed by atoms with Gasteiger partial charge in [0.25, 0.3) is 11.7 Å². The first-order valence-electron chi connectivity index (χ1n) is 9.66. The van der Waals surface area contributed by atoms with Gasteiger partial charge < -0.3 is 14.7 Å². The summed E-state index contributed by atoms with van der Waals surface area (Å²) >= 11 is 0. The predicted octanol–water partition coefficient (Wildman–Crippen LogP) is 2.14. The Hall–Kier alpha value is -3.08. The minimum absolute atomic E-state index is 0.00903. The Morgan fingerprint density at radius 1 is 1.12 bits per heavy atom. The second-order valence-corrected chi connectivity index (χ2v) is 9.47. The van der Waals surface area contributed by atoms with Crippen LogP contribution in [-0.4, -0.2) is 68.8 Å². The van der Waals surface area contributed by atoms with Gasteiger partial charge in [0.15, 0.2) is 0 Å². The molecule has 1 amide bonds. The van der Waals surface area contributed by atoms with Gasteiger partial charge in [0.1, 0.15) is 11.6 Å². The Morgan fingerprint density at radius 2 is 1.75 bits per heavy atom. The minimum Gasteiger partial charge on any atom is -0.507 e. The van der Waals surface area contributed by atoms with Crippen LogP contribution in [0.1, 0.15) is 17.2 Å². The Labute approximate surface area is 185 Å². The molecule has 1 atom stereocenters. The zero-order valence-corrected chi connectivity index (χ0v) is 18.6. The van der Waals surface area contributed by atoms with E-state index in [9.17, 15) is 27.5 Å². The number of hydrogen-bond donors (Lipinski definition) is 1. The molecule has 1 aliphatic heterocycles. The van der Waals surface area contributed by atoms with Gasteiger partial charge in [0, 0.05) is 38.9 Å². The highest BCUT2D eigenvalue weighted by Crippen LogP contribution is 2.40. The van der Waals surface area contributed by atoms with Crippen molar-refractivity contribution in [2.24, 2.45) is 0 Å². The molecule has 0 aliphatic carbocycles. The molecule has 1 unspecified atom stereocenters. The minimum atomic E-state index is -3.69. The number of Topliss-reactive ketones (excluding diaryl/α,β-unsaturated/α-hetero) is 1. The van der Waals surface area contributed by atoms with E-state index in [4.69, 9.17) is 4.74 Å². The third-order valence-corrected chi connectivity index (χ3v) is 7.01. The largest absolute Gasteiger partial charge is 0.507 e. The second kappa shape index (κ2) is 9.19. The molecule has 1 fully saturated rings. The molecule has 0 saturated carbocycles. The summed E-state index contributed by atoms with van der Waals surface area (Å²) in [5, 5.41) is 10.9. The molecule has 8 nitrogen and oxygen atoms in total. The monoisotopic (exact) mass is 462 g/mol. The fraction of sp³-hybridized carbons (Fsp3) is 0.273. The molecule has 0 bridgehead atoms. The van der Waals surface area contributed by atoms with Gasteiger partial charge in [-0.1, -0.05) is 18.2 Å². The molecule has 1 heterocycles. The van der Waals surface area contributed by atoms with Gasteiger partial charge in [0.05, 0.1) is 23.1 Å². The quantitative estimate of drug-likeness (QED) is 0.384. The number of rotatable bonds is 7. The summed E-state index contributed by atoms with van der Waals surface area (Å²) in [5.41, 5.74) is -0.107. The van der Waals surface area contributed by atoms with E-state index in [1.807, 2.05) is 0 Å². The van der Waals surface area contributed by atoms with Crippen molar-refractivity contribution >= 4 is 27.5 Å². The smallest absolute Gasteiger partial charge is 0.295 e. The molecule has 2 aromatic rings. The highest BCUT2D eigenvalue weighted by atomic mass is 32.2. The number of aliphatic hydroxyl groups is 1. The predicted molar refractivity (Wildman–Crippen MR) is 115 cm³/mol. The summed E-state index contributed by atoms with van der Waals surface area (Å²) in [6, 6.07) is 9.74. The van der Waals surface area contributed by atoms with E-state index in [-0.39, 0.29) is 34.7 Å². The Balaban J connectivity index is 2.14. The van der Waals surface area contributed by atoms with Crippen molar-refractivity contribution in [3.8, 4) is 0 Å². The molecular formula is C22H23FN2O6S. The summed E-state index contributed by atoms with van der Waals surface area (Å²) in [5.74, 6) is -3.01. The summed E-state index contributed by atoms with van der Waals surface area (Å²) in [6.07, 6.45) is 0. The van der Waals surface area contributed by atoms with Gasteiger partial charge >= 0.3 is 0 Å². The Kier molecular flexibility index (Phi) is 6.77. The Morgan fingerprint density at radius 3 is 2.31 bits per heavy atom. The van der Waals surface area contributed by atoms with Crippen LogP contribution in [0, 0.1) is 5.82 Å². The topological polar surface area (TPSA) is 104 Å². The number of benzene rings is 2. The number of nitrogens with zero attached hydrogens (tertiary/aromatic N) is 2. The van der Waals surface area contributed by atoms with Crippen LogP contribution in [0.4, 0.5) is 4.39 Å². The van der Waals surface area contributed by atoms with E-state index in [0.29, 0.717) is 0 Å². The molecule has 1 N–H and O–H groups in total.